The van der Waals surface area contributed by atoms with Crippen molar-refractivity contribution in [1.82, 2.24) is 0 Å². The van der Waals surface area contributed by atoms with Gasteiger partial charge in [-0.2, -0.15) is 0 Å². The van der Waals surface area contributed by atoms with E-state index in [9.17, 15) is 9.59 Å². The second-order valence-electron chi connectivity index (χ2n) is 6.42. The molecule has 0 saturated heterocycles. The summed E-state index contributed by atoms with van der Waals surface area (Å²) in [7, 11) is 0. The van der Waals surface area contributed by atoms with Crippen LogP contribution in [0.4, 0.5) is 5.69 Å². The number of amides is 1. The van der Waals surface area contributed by atoms with Crippen molar-refractivity contribution in [3.63, 3.8) is 0 Å². The topological polar surface area (TPSA) is 75.6 Å². The lowest BCUT2D eigenvalue weighted by Gasteiger charge is -2.22. The number of anilines is 1. The maximum Gasteiger partial charge on any atom is 0.303 e. The quantitative estimate of drug-likeness (QED) is 0.667. The average molecular weight is 333 g/mol. The maximum absolute atomic E-state index is 11.9. The van der Waals surface area contributed by atoms with Gasteiger partial charge in [-0.05, 0) is 43.4 Å². The number of carboxylic acids is 1. The highest BCUT2D eigenvalue weighted by Crippen LogP contribution is 2.22. The molecule has 1 aliphatic carbocycles. The van der Waals surface area contributed by atoms with E-state index < -0.39 is 5.97 Å². The summed E-state index contributed by atoms with van der Waals surface area (Å²) in [5.41, 5.74) is 1.83. The molecule has 2 N–H and O–H groups in total. The number of aliphatic carboxylic acids is 1. The highest BCUT2D eigenvalue weighted by atomic mass is 16.5. The number of hydrogen-bond acceptors (Lipinski definition) is 3. The first-order valence-corrected chi connectivity index (χ1v) is 8.85. The Morgan fingerprint density at radius 3 is 2.62 bits per heavy atom. The molecule has 2 rings (SSSR count). The standard InChI is InChI=1S/C19H27NO4/c21-18(11-4-5-12-19(22)23)20-16-8-6-7-15(13-16)14-24-17-9-2-1-3-10-17/h6-8,13,17H,1-5,9-12,14H2,(H,20,21)(H,22,23). The van der Waals surface area contributed by atoms with Crippen molar-refractivity contribution in [2.24, 2.45) is 0 Å². The Morgan fingerprint density at radius 2 is 1.88 bits per heavy atom. The monoisotopic (exact) mass is 333 g/mol. The largest absolute Gasteiger partial charge is 0.481 e. The van der Waals surface area contributed by atoms with Crippen molar-refractivity contribution in [1.29, 1.82) is 0 Å². The number of ether oxygens (including phenoxy) is 1. The lowest BCUT2D eigenvalue weighted by Crippen LogP contribution is -2.16. The van der Waals surface area contributed by atoms with Gasteiger partial charge in [0, 0.05) is 18.5 Å². The smallest absolute Gasteiger partial charge is 0.303 e. The molecule has 0 unspecified atom stereocenters. The van der Waals surface area contributed by atoms with Crippen molar-refractivity contribution in [2.75, 3.05) is 5.32 Å². The maximum atomic E-state index is 11.9. The molecule has 1 aromatic rings. The van der Waals surface area contributed by atoms with Crippen LogP contribution in [-0.2, 0) is 20.9 Å². The third-order valence-corrected chi connectivity index (χ3v) is 4.29. The van der Waals surface area contributed by atoms with Crippen LogP contribution in [0.3, 0.4) is 0 Å². The predicted octanol–water partition coefficient (Wildman–Crippen LogP) is 4.12. The number of carbonyl (C=O) groups excluding carboxylic acids is 1. The first-order chi connectivity index (χ1) is 11.6. The summed E-state index contributed by atoms with van der Waals surface area (Å²) < 4.78 is 5.96. The molecule has 24 heavy (non-hydrogen) atoms. The van der Waals surface area contributed by atoms with E-state index in [1.807, 2.05) is 24.3 Å². The molecule has 0 radical (unpaired) electrons. The summed E-state index contributed by atoms with van der Waals surface area (Å²) >= 11 is 0. The SMILES string of the molecule is O=C(O)CCCCC(=O)Nc1cccc(COC2CCCCC2)c1. The van der Waals surface area contributed by atoms with Gasteiger partial charge in [-0.1, -0.05) is 31.4 Å². The molecule has 132 valence electrons. The van der Waals surface area contributed by atoms with Crippen LogP contribution in [0.1, 0.15) is 63.4 Å². The zero-order valence-electron chi connectivity index (χ0n) is 14.1. The second-order valence-corrected chi connectivity index (χ2v) is 6.42. The van der Waals surface area contributed by atoms with Gasteiger partial charge in [0.05, 0.1) is 12.7 Å². The van der Waals surface area contributed by atoms with Gasteiger partial charge in [0.1, 0.15) is 0 Å². The van der Waals surface area contributed by atoms with Crippen LogP contribution in [0, 0.1) is 0 Å². The highest BCUT2D eigenvalue weighted by molar-refractivity contribution is 5.90. The molecule has 0 aliphatic heterocycles. The van der Waals surface area contributed by atoms with Gasteiger partial charge < -0.3 is 15.2 Å². The van der Waals surface area contributed by atoms with Gasteiger partial charge in [-0.15, -0.1) is 0 Å². The molecule has 0 atom stereocenters. The van der Waals surface area contributed by atoms with Crippen molar-refractivity contribution in [3.05, 3.63) is 29.8 Å². The summed E-state index contributed by atoms with van der Waals surface area (Å²) in [4.78, 5) is 22.3. The number of hydrogen-bond donors (Lipinski definition) is 2. The normalized spacial score (nSPS) is 15.2. The van der Waals surface area contributed by atoms with Gasteiger partial charge in [-0.3, -0.25) is 9.59 Å². The van der Waals surface area contributed by atoms with E-state index in [1.54, 1.807) is 0 Å². The van der Waals surface area contributed by atoms with E-state index >= 15 is 0 Å². The Bertz CT molecular complexity index is 538. The van der Waals surface area contributed by atoms with Gasteiger partial charge in [0.2, 0.25) is 5.91 Å². The summed E-state index contributed by atoms with van der Waals surface area (Å²) in [6, 6.07) is 7.72. The van der Waals surface area contributed by atoms with E-state index in [1.165, 1.54) is 19.3 Å². The Balaban J connectivity index is 1.72. The van der Waals surface area contributed by atoms with Crippen molar-refractivity contribution < 1.29 is 19.4 Å². The summed E-state index contributed by atoms with van der Waals surface area (Å²) in [5.74, 6) is -0.896. The summed E-state index contributed by atoms with van der Waals surface area (Å²) in [6.45, 7) is 0.576. The Kier molecular flexibility index (Phi) is 7.75. The van der Waals surface area contributed by atoms with Crippen molar-refractivity contribution >= 4 is 17.6 Å². The van der Waals surface area contributed by atoms with Gasteiger partial charge in [-0.25, -0.2) is 0 Å². The minimum absolute atomic E-state index is 0.0780. The highest BCUT2D eigenvalue weighted by Gasteiger charge is 2.13. The van der Waals surface area contributed by atoms with E-state index in [2.05, 4.69) is 5.32 Å². The van der Waals surface area contributed by atoms with Crippen LogP contribution in [0.15, 0.2) is 24.3 Å². The summed E-state index contributed by atoms with van der Waals surface area (Å²) in [6.07, 6.45) is 8.04. The third-order valence-electron chi connectivity index (χ3n) is 4.29. The zero-order valence-corrected chi connectivity index (χ0v) is 14.1. The van der Waals surface area contributed by atoms with Crippen LogP contribution in [0.5, 0.6) is 0 Å². The minimum Gasteiger partial charge on any atom is -0.481 e. The number of benzene rings is 1. The lowest BCUT2D eigenvalue weighted by molar-refractivity contribution is -0.137. The van der Waals surface area contributed by atoms with Gasteiger partial charge in [0.15, 0.2) is 0 Å². The van der Waals surface area contributed by atoms with Crippen LogP contribution in [0.2, 0.25) is 0 Å². The molecule has 0 aromatic heterocycles. The first kappa shape index (κ1) is 18.5. The average Bonchev–Trinajstić information content (AvgIpc) is 2.58. The van der Waals surface area contributed by atoms with Crippen molar-refractivity contribution in [2.45, 2.75) is 70.5 Å². The fraction of sp³-hybridized carbons (Fsp3) is 0.579. The fourth-order valence-electron chi connectivity index (χ4n) is 2.97. The third kappa shape index (κ3) is 7.13. The molecule has 0 heterocycles. The Morgan fingerprint density at radius 1 is 1.12 bits per heavy atom. The molecule has 5 heteroatoms. The number of nitrogens with one attached hydrogen (secondary N) is 1. The Hall–Kier alpha value is -1.88. The molecule has 1 amide bonds. The predicted molar refractivity (Wildman–Crippen MR) is 92.8 cm³/mol. The van der Waals surface area contributed by atoms with Crippen LogP contribution in [-0.4, -0.2) is 23.1 Å². The summed E-state index contributed by atoms with van der Waals surface area (Å²) in [5, 5.41) is 11.4. The number of carbonyl (C=O) groups is 2. The molecule has 5 nitrogen and oxygen atoms in total. The second kappa shape index (κ2) is 10.1. The molecule has 1 fully saturated rings. The van der Waals surface area contributed by atoms with Gasteiger partial charge >= 0.3 is 5.97 Å². The molecule has 0 bridgehead atoms. The van der Waals surface area contributed by atoms with Crippen molar-refractivity contribution in [3.8, 4) is 0 Å². The molecule has 1 saturated carbocycles. The molecule has 1 aliphatic rings. The van der Waals surface area contributed by atoms with Crippen LogP contribution >= 0.6 is 0 Å². The number of unbranched alkanes of at least 4 members (excludes halogenated alkanes) is 1. The molecule has 0 spiro atoms. The van der Waals surface area contributed by atoms with E-state index in [4.69, 9.17) is 9.84 Å². The van der Waals surface area contributed by atoms with Crippen LogP contribution < -0.4 is 5.32 Å². The first-order valence-electron chi connectivity index (χ1n) is 8.85. The zero-order chi connectivity index (χ0) is 17.2. The minimum atomic E-state index is -0.818. The lowest BCUT2D eigenvalue weighted by atomic mass is 9.98. The van der Waals surface area contributed by atoms with E-state index in [0.717, 1.165) is 24.1 Å². The molecular weight excluding hydrogens is 306 g/mol. The van der Waals surface area contributed by atoms with E-state index in [-0.39, 0.29) is 12.3 Å². The van der Waals surface area contributed by atoms with Crippen LogP contribution in [0.25, 0.3) is 0 Å². The molecular formula is C19H27NO4. The fourth-order valence-corrected chi connectivity index (χ4v) is 2.97. The Labute approximate surface area is 143 Å². The van der Waals surface area contributed by atoms with E-state index in [0.29, 0.717) is 32.0 Å². The van der Waals surface area contributed by atoms with Gasteiger partial charge in [0.25, 0.3) is 0 Å². The number of carboxylic acid groups (broad SMARTS) is 1. The number of rotatable bonds is 9. The molecule has 1 aromatic carbocycles.